The fraction of sp³-hybridized carbons (Fsp3) is 0.158. The Morgan fingerprint density at radius 1 is 1.12 bits per heavy atom. The van der Waals surface area contributed by atoms with Crippen LogP contribution < -0.4 is 10.1 Å². The van der Waals surface area contributed by atoms with E-state index in [0.29, 0.717) is 17.1 Å². The van der Waals surface area contributed by atoms with Crippen molar-refractivity contribution >= 4 is 11.6 Å². The summed E-state index contributed by atoms with van der Waals surface area (Å²) in [4.78, 5) is 12.6. The lowest BCUT2D eigenvalue weighted by molar-refractivity contribution is 0.101. The maximum Gasteiger partial charge on any atom is 0.280 e. The average molecular weight is 339 g/mol. The zero-order valence-corrected chi connectivity index (χ0v) is 14.2. The molecule has 0 atom stereocenters. The number of benzene rings is 2. The number of rotatable bonds is 4. The molecule has 0 aliphatic carbocycles. The molecule has 0 aliphatic heterocycles. The summed E-state index contributed by atoms with van der Waals surface area (Å²) in [5.41, 5.74) is 3.71. The molecule has 1 amide bonds. The maximum absolute atomic E-state index is 13.1. The van der Waals surface area contributed by atoms with Crippen LogP contribution in [0.15, 0.2) is 48.7 Å². The van der Waals surface area contributed by atoms with Gasteiger partial charge in [-0.1, -0.05) is 6.07 Å². The monoisotopic (exact) mass is 339 g/mol. The van der Waals surface area contributed by atoms with Crippen LogP contribution in [0.4, 0.5) is 10.1 Å². The highest BCUT2D eigenvalue weighted by Gasteiger charge is 2.18. The van der Waals surface area contributed by atoms with E-state index >= 15 is 0 Å². The van der Waals surface area contributed by atoms with Crippen molar-refractivity contribution < 1.29 is 13.9 Å². The van der Waals surface area contributed by atoms with Gasteiger partial charge in [0.15, 0.2) is 11.4 Å². The summed E-state index contributed by atoms with van der Waals surface area (Å²) >= 11 is 0. The lowest BCUT2D eigenvalue weighted by Gasteiger charge is -2.07. The minimum Gasteiger partial charge on any atom is -0.493 e. The first kappa shape index (κ1) is 16.7. The lowest BCUT2D eigenvalue weighted by atomic mass is 10.1. The molecule has 0 unspecified atom stereocenters. The molecule has 3 rings (SSSR count). The fourth-order valence-electron chi connectivity index (χ4n) is 2.40. The van der Waals surface area contributed by atoms with Gasteiger partial charge in [-0.15, -0.1) is 0 Å². The summed E-state index contributed by atoms with van der Waals surface area (Å²) in [7, 11) is 1.47. The molecule has 25 heavy (non-hydrogen) atoms. The number of carbonyl (C=O) groups is 1. The molecule has 3 aromatic rings. The van der Waals surface area contributed by atoms with Gasteiger partial charge in [0.25, 0.3) is 5.91 Å². The van der Waals surface area contributed by atoms with Crippen LogP contribution in [-0.4, -0.2) is 22.8 Å². The number of methoxy groups -OCH3 is 1. The number of halogens is 1. The molecule has 0 saturated carbocycles. The molecule has 128 valence electrons. The third-order valence-electron chi connectivity index (χ3n) is 3.97. The Kier molecular flexibility index (Phi) is 4.52. The van der Waals surface area contributed by atoms with Crippen molar-refractivity contribution in [2.75, 3.05) is 12.4 Å². The van der Waals surface area contributed by atoms with Crippen LogP contribution in [0.5, 0.6) is 5.75 Å². The molecular weight excluding hydrogens is 321 g/mol. The number of ether oxygens (including phenoxy) is 1. The Balaban J connectivity index is 1.89. The quantitative estimate of drug-likeness (QED) is 0.784. The van der Waals surface area contributed by atoms with Crippen molar-refractivity contribution in [3.63, 3.8) is 0 Å². The third kappa shape index (κ3) is 3.52. The smallest absolute Gasteiger partial charge is 0.280 e. The van der Waals surface area contributed by atoms with Gasteiger partial charge in [-0.25, -0.2) is 9.07 Å². The fourth-order valence-corrected chi connectivity index (χ4v) is 2.40. The summed E-state index contributed by atoms with van der Waals surface area (Å²) in [6.45, 7) is 3.99. The maximum atomic E-state index is 13.1. The second-order valence-electron chi connectivity index (χ2n) is 5.72. The van der Waals surface area contributed by atoms with Crippen molar-refractivity contribution in [1.82, 2.24) is 9.78 Å². The molecule has 2 aromatic carbocycles. The third-order valence-corrected chi connectivity index (χ3v) is 3.97. The first-order chi connectivity index (χ1) is 12.0. The van der Waals surface area contributed by atoms with E-state index in [1.807, 2.05) is 32.0 Å². The van der Waals surface area contributed by atoms with Crippen molar-refractivity contribution in [2.45, 2.75) is 13.8 Å². The molecule has 0 fully saturated rings. The molecule has 0 saturated heterocycles. The van der Waals surface area contributed by atoms with Gasteiger partial charge in [-0.3, -0.25) is 4.79 Å². The normalized spacial score (nSPS) is 10.6. The first-order valence-electron chi connectivity index (χ1n) is 7.76. The Morgan fingerprint density at radius 2 is 1.84 bits per heavy atom. The topological polar surface area (TPSA) is 56.2 Å². The number of aromatic nitrogens is 2. The van der Waals surface area contributed by atoms with Crippen molar-refractivity contribution in [3.8, 4) is 11.4 Å². The molecular formula is C19H18FN3O2. The standard InChI is InChI=1S/C19H18FN3O2/c1-12-4-7-15(10-13(12)2)21-19(24)18-17(25-3)11-23(22-18)16-8-5-14(20)6-9-16/h4-11H,1-3H3,(H,21,24). The van der Waals surface area contributed by atoms with E-state index in [2.05, 4.69) is 10.4 Å². The van der Waals surface area contributed by atoms with Crippen LogP contribution in [0.25, 0.3) is 5.69 Å². The second-order valence-corrected chi connectivity index (χ2v) is 5.72. The summed E-state index contributed by atoms with van der Waals surface area (Å²) < 4.78 is 19.8. The zero-order valence-electron chi connectivity index (χ0n) is 14.2. The van der Waals surface area contributed by atoms with Crippen molar-refractivity contribution in [1.29, 1.82) is 0 Å². The van der Waals surface area contributed by atoms with E-state index in [0.717, 1.165) is 11.1 Å². The van der Waals surface area contributed by atoms with Crippen LogP contribution >= 0.6 is 0 Å². The van der Waals surface area contributed by atoms with E-state index in [1.54, 1.807) is 18.3 Å². The molecule has 6 heteroatoms. The van der Waals surface area contributed by atoms with E-state index in [4.69, 9.17) is 4.74 Å². The molecule has 1 aromatic heterocycles. The molecule has 0 aliphatic rings. The number of carbonyl (C=O) groups excluding carboxylic acids is 1. The minimum atomic E-state index is -0.374. The van der Waals surface area contributed by atoms with Gasteiger partial charge in [0, 0.05) is 5.69 Å². The molecule has 0 spiro atoms. The highest BCUT2D eigenvalue weighted by Crippen LogP contribution is 2.22. The van der Waals surface area contributed by atoms with E-state index in [1.165, 1.54) is 23.9 Å². The first-order valence-corrected chi connectivity index (χ1v) is 7.76. The van der Waals surface area contributed by atoms with Gasteiger partial charge < -0.3 is 10.1 Å². The number of hydrogen-bond donors (Lipinski definition) is 1. The lowest BCUT2D eigenvalue weighted by Crippen LogP contribution is -2.14. The molecule has 5 nitrogen and oxygen atoms in total. The predicted molar refractivity (Wildman–Crippen MR) is 93.9 cm³/mol. The van der Waals surface area contributed by atoms with Gasteiger partial charge in [0.1, 0.15) is 5.82 Å². The second kappa shape index (κ2) is 6.76. The van der Waals surface area contributed by atoms with Crippen LogP contribution in [0.1, 0.15) is 21.6 Å². The van der Waals surface area contributed by atoms with Gasteiger partial charge in [-0.2, -0.15) is 5.10 Å². The van der Waals surface area contributed by atoms with Crippen LogP contribution in [0, 0.1) is 19.7 Å². The number of amides is 1. The predicted octanol–water partition coefficient (Wildman–Crippen LogP) is 3.89. The molecule has 0 bridgehead atoms. The minimum absolute atomic E-state index is 0.157. The number of anilines is 1. The largest absolute Gasteiger partial charge is 0.493 e. The molecule has 1 heterocycles. The highest BCUT2D eigenvalue weighted by atomic mass is 19.1. The van der Waals surface area contributed by atoms with Crippen molar-refractivity contribution in [3.05, 3.63) is 71.3 Å². The highest BCUT2D eigenvalue weighted by molar-refractivity contribution is 6.04. The molecule has 1 N–H and O–H groups in total. The number of nitrogens with zero attached hydrogens (tertiary/aromatic N) is 2. The summed E-state index contributed by atoms with van der Waals surface area (Å²) in [5.74, 6) is -0.373. The number of aryl methyl sites for hydroxylation is 2. The number of nitrogens with one attached hydrogen (secondary N) is 1. The van der Waals surface area contributed by atoms with Gasteiger partial charge in [-0.05, 0) is 61.4 Å². The summed E-state index contributed by atoms with van der Waals surface area (Å²) in [5, 5.41) is 7.09. The van der Waals surface area contributed by atoms with Crippen molar-refractivity contribution in [2.24, 2.45) is 0 Å². The summed E-state index contributed by atoms with van der Waals surface area (Å²) in [6.07, 6.45) is 1.59. The van der Waals surface area contributed by atoms with E-state index in [9.17, 15) is 9.18 Å². The number of hydrogen-bond acceptors (Lipinski definition) is 3. The summed E-state index contributed by atoms with van der Waals surface area (Å²) in [6, 6.07) is 11.5. The Bertz CT molecular complexity index is 917. The SMILES string of the molecule is COc1cn(-c2ccc(F)cc2)nc1C(=O)Nc1ccc(C)c(C)c1. The average Bonchev–Trinajstić information content (AvgIpc) is 3.03. The van der Waals surface area contributed by atoms with Crippen LogP contribution in [-0.2, 0) is 0 Å². The Labute approximate surface area is 145 Å². The van der Waals surface area contributed by atoms with Gasteiger partial charge in [0.2, 0.25) is 0 Å². The van der Waals surface area contributed by atoms with Gasteiger partial charge in [0.05, 0.1) is 19.0 Å². The van der Waals surface area contributed by atoms with Crippen LogP contribution in [0.2, 0.25) is 0 Å². The van der Waals surface area contributed by atoms with Gasteiger partial charge >= 0.3 is 0 Å². The zero-order chi connectivity index (χ0) is 18.0. The molecule has 0 radical (unpaired) electrons. The van der Waals surface area contributed by atoms with Crippen LogP contribution in [0.3, 0.4) is 0 Å². The van der Waals surface area contributed by atoms with E-state index < -0.39 is 0 Å². The Morgan fingerprint density at radius 3 is 2.48 bits per heavy atom. The van der Waals surface area contributed by atoms with E-state index in [-0.39, 0.29) is 17.4 Å². The Hall–Kier alpha value is -3.15.